The van der Waals surface area contributed by atoms with Gasteiger partial charge in [0, 0.05) is 31.4 Å². The predicted molar refractivity (Wildman–Crippen MR) is 61.5 cm³/mol. The number of nitro benzene ring substituents is 1. The molecular formula is C11H16N2O2. The van der Waals surface area contributed by atoms with Gasteiger partial charge in [-0.2, -0.15) is 0 Å². The third-order valence-corrected chi connectivity index (χ3v) is 2.35. The van der Waals surface area contributed by atoms with Crippen LogP contribution in [0.1, 0.15) is 25.3 Å². The molecule has 0 saturated heterocycles. The Morgan fingerprint density at radius 2 is 1.93 bits per heavy atom. The van der Waals surface area contributed by atoms with Crippen molar-refractivity contribution in [2.75, 3.05) is 19.0 Å². The summed E-state index contributed by atoms with van der Waals surface area (Å²) in [5.74, 6) is 0.158. The standard InChI is InChI=1S/C11H16N2O2/c1-8(2)10-7-9(12(3)4)5-6-11(10)13(14)15/h5-8H,1-4H3. The quantitative estimate of drug-likeness (QED) is 0.566. The molecule has 4 nitrogen and oxygen atoms in total. The van der Waals surface area contributed by atoms with E-state index in [2.05, 4.69) is 0 Å². The lowest BCUT2D eigenvalue weighted by Crippen LogP contribution is -2.09. The molecule has 0 aromatic heterocycles. The van der Waals surface area contributed by atoms with Gasteiger partial charge in [0.2, 0.25) is 0 Å². The molecule has 0 aliphatic heterocycles. The van der Waals surface area contributed by atoms with Crippen molar-refractivity contribution in [3.63, 3.8) is 0 Å². The maximum absolute atomic E-state index is 10.8. The SMILES string of the molecule is CC(C)c1cc(N(C)C)ccc1[N+](=O)[O-]. The fraction of sp³-hybridized carbons (Fsp3) is 0.455. The van der Waals surface area contributed by atoms with Crippen LogP contribution in [-0.4, -0.2) is 19.0 Å². The molecule has 0 radical (unpaired) electrons. The lowest BCUT2D eigenvalue weighted by molar-refractivity contribution is -0.385. The van der Waals surface area contributed by atoms with E-state index in [1.54, 1.807) is 12.1 Å². The van der Waals surface area contributed by atoms with E-state index in [0.29, 0.717) is 0 Å². The van der Waals surface area contributed by atoms with Crippen LogP contribution in [-0.2, 0) is 0 Å². The Bertz CT molecular complexity index is 373. The average molecular weight is 208 g/mol. The highest BCUT2D eigenvalue weighted by Crippen LogP contribution is 2.29. The van der Waals surface area contributed by atoms with Gasteiger partial charge in [0.1, 0.15) is 0 Å². The van der Waals surface area contributed by atoms with E-state index >= 15 is 0 Å². The van der Waals surface area contributed by atoms with E-state index in [9.17, 15) is 10.1 Å². The van der Waals surface area contributed by atoms with E-state index < -0.39 is 0 Å². The van der Waals surface area contributed by atoms with Gasteiger partial charge in [0.25, 0.3) is 5.69 Å². The van der Waals surface area contributed by atoms with Gasteiger partial charge in [-0.15, -0.1) is 0 Å². The first-order chi connectivity index (χ1) is 6.93. The Kier molecular flexibility index (Phi) is 3.29. The van der Waals surface area contributed by atoms with E-state index in [1.807, 2.05) is 38.9 Å². The molecule has 82 valence electrons. The molecule has 1 aromatic rings. The summed E-state index contributed by atoms with van der Waals surface area (Å²) in [6.07, 6.45) is 0. The molecule has 0 amide bonds. The largest absolute Gasteiger partial charge is 0.378 e. The second-order valence-electron chi connectivity index (χ2n) is 4.05. The number of rotatable bonds is 3. The third kappa shape index (κ3) is 2.46. The number of nitrogens with zero attached hydrogens (tertiary/aromatic N) is 2. The minimum atomic E-state index is -0.325. The molecule has 0 aliphatic carbocycles. The van der Waals surface area contributed by atoms with Crippen molar-refractivity contribution >= 4 is 11.4 Å². The lowest BCUT2D eigenvalue weighted by atomic mass is 10.0. The number of benzene rings is 1. The molecule has 0 N–H and O–H groups in total. The van der Waals surface area contributed by atoms with Gasteiger partial charge >= 0.3 is 0 Å². The van der Waals surface area contributed by atoms with Gasteiger partial charge in [-0.3, -0.25) is 10.1 Å². The molecule has 15 heavy (non-hydrogen) atoms. The molecule has 0 spiro atoms. The van der Waals surface area contributed by atoms with Crippen molar-refractivity contribution in [3.05, 3.63) is 33.9 Å². The molecule has 1 rings (SSSR count). The summed E-state index contributed by atoms with van der Waals surface area (Å²) in [4.78, 5) is 12.4. The normalized spacial score (nSPS) is 10.5. The first-order valence-electron chi connectivity index (χ1n) is 4.89. The maximum Gasteiger partial charge on any atom is 0.272 e. The van der Waals surface area contributed by atoms with E-state index in [1.165, 1.54) is 0 Å². The van der Waals surface area contributed by atoms with Crippen LogP contribution in [0.5, 0.6) is 0 Å². The molecule has 0 aliphatic rings. The summed E-state index contributed by atoms with van der Waals surface area (Å²) in [5.41, 5.74) is 1.98. The van der Waals surface area contributed by atoms with E-state index in [-0.39, 0.29) is 16.5 Å². The molecule has 1 aromatic carbocycles. The van der Waals surface area contributed by atoms with Crippen molar-refractivity contribution < 1.29 is 4.92 Å². The molecule has 0 atom stereocenters. The van der Waals surface area contributed by atoms with E-state index in [0.717, 1.165) is 11.3 Å². The average Bonchev–Trinajstić information content (AvgIpc) is 2.16. The fourth-order valence-corrected chi connectivity index (χ4v) is 1.45. The molecule has 4 heteroatoms. The van der Waals surface area contributed by atoms with Crippen LogP contribution in [0.2, 0.25) is 0 Å². The molecule has 0 heterocycles. The van der Waals surface area contributed by atoms with Crippen LogP contribution < -0.4 is 4.90 Å². The zero-order valence-corrected chi connectivity index (χ0v) is 9.52. The van der Waals surface area contributed by atoms with Crippen LogP contribution >= 0.6 is 0 Å². The van der Waals surface area contributed by atoms with Crippen LogP contribution in [0.3, 0.4) is 0 Å². The molecule has 0 saturated carbocycles. The zero-order chi connectivity index (χ0) is 11.6. The van der Waals surface area contributed by atoms with Gasteiger partial charge in [-0.25, -0.2) is 0 Å². The topological polar surface area (TPSA) is 46.4 Å². The van der Waals surface area contributed by atoms with Gasteiger partial charge in [0.15, 0.2) is 0 Å². The molecule has 0 fully saturated rings. The van der Waals surface area contributed by atoms with Crippen molar-refractivity contribution in [1.82, 2.24) is 0 Å². The van der Waals surface area contributed by atoms with Crippen molar-refractivity contribution in [2.24, 2.45) is 0 Å². The summed E-state index contributed by atoms with van der Waals surface area (Å²) in [6, 6.07) is 5.22. The number of hydrogen-bond acceptors (Lipinski definition) is 3. The summed E-state index contributed by atoms with van der Waals surface area (Å²) < 4.78 is 0. The van der Waals surface area contributed by atoms with Gasteiger partial charge < -0.3 is 4.90 Å². The molecule has 0 unspecified atom stereocenters. The van der Waals surface area contributed by atoms with Crippen molar-refractivity contribution in [3.8, 4) is 0 Å². The zero-order valence-electron chi connectivity index (χ0n) is 9.52. The Morgan fingerprint density at radius 1 is 1.33 bits per heavy atom. The highest BCUT2D eigenvalue weighted by Gasteiger charge is 2.16. The van der Waals surface area contributed by atoms with Crippen LogP contribution in [0, 0.1) is 10.1 Å². The Hall–Kier alpha value is -1.58. The second kappa shape index (κ2) is 4.29. The fourth-order valence-electron chi connectivity index (χ4n) is 1.45. The summed E-state index contributed by atoms with van der Waals surface area (Å²) in [5, 5.41) is 10.8. The summed E-state index contributed by atoms with van der Waals surface area (Å²) in [6.45, 7) is 3.92. The number of hydrogen-bond donors (Lipinski definition) is 0. The minimum Gasteiger partial charge on any atom is -0.378 e. The van der Waals surface area contributed by atoms with Gasteiger partial charge in [-0.05, 0) is 18.1 Å². The highest BCUT2D eigenvalue weighted by atomic mass is 16.6. The molecular weight excluding hydrogens is 192 g/mol. The smallest absolute Gasteiger partial charge is 0.272 e. The first-order valence-corrected chi connectivity index (χ1v) is 4.89. The highest BCUT2D eigenvalue weighted by molar-refractivity contribution is 5.55. The Balaban J connectivity index is 3.27. The minimum absolute atomic E-state index is 0.158. The van der Waals surface area contributed by atoms with Crippen molar-refractivity contribution in [2.45, 2.75) is 19.8 Å². The second-order valence-corrected chi connectivity index (χ2v) is 4.05. The van der Waals surface area contributed by atoms with Crippen LogP contribution in [0.25, 0.3) is 0 Å². The number of anilines is 1. The first kappa shape index (κ1) is 11.5. The van der Waals surface area contributed by atoms with Gasteiger partial charge in [0.05, 0.1) is 4.92 Å². The van der Waals surface area contributed by atoms with E-state index in [4.69, 9.17) is 0 Å². The predicted octanol–water partition coefficient (Wildman–Crippen LogP) is 2.78. The van der Waals surface area contributed by atoms with Gasteiger partial charge in [-0.1, -0.05) is 13.8 Å². The summed E-state index contributed by atoms with van der Waals surface area (Å²) >= 11 is 0. The third-order valence-electron chi connectivity index (χ3n) is 2.35. The Labute approximate surface area is 89.7 Å². The lowest BCUT2D eigenvalue weighted by Gasteiger charge is -2.15. The Morgan fingerprint density at radius 3 is 2.33 bits per heavy atom. The van der Waals surface area contributed by atoms with Crippen molar-refractivity contribution in [1.29, 1.82) is 0 Å². The van der Waals surface area contributed by atoms with Crippen LogP contribution in [0.4, 0.5) is 11.4 Å². The summed E-state index contributed by atoms with van der Waals surface area (Å²) in [7, 11) is 3.84. The monoisotopic (exact) mass is 208 g/mol. The number of nitro groups is 1. The van der Waals surface area contributed by atoms with Crippen LogP contribution in [0.15, 0.2) is 18.2 Å². The maximum atomic E-state index is 10.8. The molecule has 0 bridgehead atoms.